The van der Waals surface area contributed by atoms with Gasteiger partial charge in [0, 0.05) is 24.1 Å². The second kappa shape index (κ2) is 8.89. The van der Waals surface area contributed by atoms with E-state index in [-0.39, 0.29) is 12.1 Å². The van der Waals surface area contributed by atoms with Crippen molar-refractivity contribution in [3.8, 4) is 5.88 Å². The first-order valence-corrected chi connectivity index (χ1v) is 10.6. The Morgan fingerprint density at radius 2 is 2.06 bits per heavy atom. The number of pyridine rings is 1. The molecule has 31 heavy (non-hydrogen) atoms. The first kappa shape index (κ1) is 21.1. The predicted octanol–water partition coefficient (Wildman–Crippen LogP) is 4.72. The molecule has 1 N–H and O–H groups in total. The van der Waals surface area contributed by atoms with Gasteiger partial charge in [-0.25, -0.2) is 9.67 Å². The van der Waals surface area contributed by atoms with Gasteiger partial charge in [0.05, 0.1) is 29.7 Å². The third-order valence-electron chi connectivity index (χ3n) is 5.60. The minimum Gasteiger partial charge on any atom is -0.481 e. The number of methoxy groups -OCH3 is 1. The van der Waals surface area contributed by atoms with E-state index >= 15 is 0 Å². The van der Waals surface area contributed by atoms with Crippen LogP contribution in [0.2, 0.25) is 0 Å². The van der Waals surface area contributed by atoms with Crippen molar-refractivity contribution in [2.75, 3.05) is 19.0 Å². The molecule has 1 atom stereocenters. The number of anilines is 1. The molecule has 1 aliphatic rings. The highest BCUT2D eigenvalue weighted by molar-refractivity contribution is 6.03. The first-order chi connectivity index (χ1) is 15.0. The maximum Gasteiger partial charge on any atom is 0.248 e. The topological polar surface area (TPSA) is 78.3 Å². The molecule has 162 valence electrons. The summed E-state index contributed by atoms with van der Waals surface area (Å²) in [4.78, 5) is 16.9. The van der Waals surface area contributed by atoms with Crippen molar-refractivity contribution in [2.45, 2.75) is 46.3 Å². The number of carbonyl (C=O) groups excluding carboxylic acids is 1. The highest BCUT2D eigenvalue weighted by Gasteiger charge is 2.20. The molecule has 1 aromatic carbocycles. The van der Waals surface area contributed by atoms with E-state index in [0.29, 0.717) is 17.3 Å². The standard InChI is InChI=1S/C24H28N4O3/c1-15-13-22(30-4)25-17(3)24(15)26-21(29)11-9-18-8-10-19-16(2)27-28(20(19)14-18)23-7-5-6-12-31-23/h8-11,13-14,23H,5-7,12H2,1-4H3,(H,26,29)/b11-9+. The van der Waals surface area contributed by atoms with Crippen LogP contribution in [0.3, 0.4) is 0 Å². The Morgan fingerprint density at radius 3 is 2.77 bits per heavy atom. The number of nitrogens with one attached hydrogen (secondary N) is 1. The summed E-state index contributed by atoms with van der Waals surface area (Å²) in [5.41, 5.74) is 5.26. The summed E-state index contributed by atoms with van der Waals surface area (Å²) in [6, 6.07) is 7.91. The lowest BCUT2D eigenvalue weighted by atomic mass is 10.1. The van der Waals surface area contributed by atoms with Crippen LogP contribution >= 0.6 is 0 Å². The molecular weight excluding hydrogens is 392 g/mol. The van der Waals surface area contributed by atoms with Crippen molar-refractivity contribution in [1.82, 2.24) is 14.8 Å². The van der Waals surface area contributed by atoms with E-state index in [9.17, 15) is 4.79 Å². The summed E-state index contributed by atoms with van der Waals surface area (Å²) in [5, 5.41) is 8.74. The van der Waals surface area contributed by atoms with Gasteiger partial charge >= 0.3 is 0 Å². The molecule has 0 bridgehead atoms. The van der Waals surface area contributed by atoms with Crippen LogP contribution in [0.5, 0.6) is 5.88 Å². The summed E-state index contributed by atoms with van der Waals surface area (Å²) < 4.78 is 13.1. The number of amides is 1. The quantitative estimate of drug-likeness (QED) is 0.605. The third kappa shape index (κ3) is 4.46. The Labute approximate surface area is 182 Å². The summed E-state index contributed by atoms with van der Waals surface area (Å²) in [6.07, 6.45) is 6.53. The van der Waals surface area contributed by atoms with Crippen LogP contribution in [0, 0.1) is 20.8 Å². The Hall–Kier alpha value is -3.19. The number of ether oxygens (including phenoxy) is 2. The van der Waals surface area contributed by atoms with Gasteiger partial charge in [0.1, 0.15) is 0 Å². The predicted molar refractivity (Wildman–Crippen MR) is 121 cm³/mol. The van der Waals surface area contributed by atoms with Gasteiger partial charge in [0.25, 0.3) is 0 Å². The largest absolute Gasteiger partial charge is 0.481 e. The SMILES string of the molecule is COc1cc(C)c(NC(=O)/C=C/c2ccc3c(C)nn(C4CCCCO4)c3c2)c(C)n1. The molecule has 7 heteroatoms. The normalized spacial score (nSPS) is 16.7. The van der Waals surface area contributed by atoms with Crippen LogP contribution in [0.4, 0.5) is 5.69 Å². The Morgan fingerprint density at radius 1 is 1.23 bits per heavy atom. The second-order valence-electron chi connectivity index (χ2n) is 7.89. The second-order valence-corrected chi connectivity index (χ2v) is 7.89. The minimum absolute atomic E-state index is 0.0269. The van der Waals surface area contributed by atoms with Gasteiger partial charge in [-0.05, 0) is 63.3 Å². The molecule has 0 spiro atoms. The highest BCUT2D eigenvalue weighted by atomic mass is 16.5. The Balaban J connectivity index is 1.55. The van der Waals surface area contributed by atoms with Crippen LogP contribution in [-0.4, -0.2) is 34.4 Å². The molecular formula is C24H28N4O3. The summed E-state index contributed by atoms with van der Waals surface area (Å²) in [6.45, 7) is 6.54. The number of aryl methyl sites for hydroxylation is 3. The number of carbonyl (C=O) groups is 1. The maximum absolute atomic E-state index is 12.5. The van der Waals surface area contributed by atoms with Gasteiger partial charge in [-0.1, -0.05) is 12.1 Å². The fourth-order valence-electron chi connectivity index (χ4n) is 3.98. The molecule has 1 saturated heterocycles. The number of hydrogen-bond donors (Lipinski definition) is 1. The van der Waals surface area contributed by atoms with Crippen molar-refractivity contribution >= 4 is 28.6 Å². The molecule has 3 aromatic rings. The van der Waals surface area contributed by atoms with Gasteiger partial charge in [-0.15, -0.1) is 0 Å². The monoisotopic (exact) mass is 420 g/mol. The van der Waals surface area contributed by atoms with E-state index in [2.05, 4.69) is 22.4 Å². The minimum atomic E-state index is -0.210. The van der Waals surface area contributed by atoms with E-state index in [1.54, 1.807) is 13.2 Å². The zero-order valence-corrected chi connectivity index (χ0v) is 18.4. The first-order valence-electron chi connectivity index (χ1n) is 10.6. The Bertz CT molecular complexity index is 1120. The summed E-state index contributed by atoms with van der Waals surface area (Å²) in [5.74, 6) is 0.323. The molecule has 1 aliphatic heterocycles. The zero-order valence-electron chi connectivity index (χ0n) is 18.4. The molecule has 0 radical (unpaired) electrons. The van der Waals surface area contributed by atoms with Crippen LogP contribution in [0.25, 0.3) is 17.0 Å². The fraction of sp³-hybridized carbons (Fsp3) is 0.375. The number of nitrogens with zero attached hydrogens (tertiary/aromatic N) is 3. The lowest BCUT2D eigenvalue weighted by molar-refractivity contribution is -0.111. The highest BCUT2D eigenvalue weighted by Crippen LogP contribution is 2.29. The van der Waals surface area contributed by atoms with E-state index in [1.165, 1.54) is 6.08 Å². The van der Waals surface area contributed by atoms with Crippen molar-refractivity contribution in [1.29, 1.82) is 0 Å². The summed E-state index contributed by atoms with van der Waals surface area (Å²) in [7, 11) is 1.58. The lowest BCUT2D eigenvalue weighted by Crippen LogP contribution is -2.19. The maximum atomic E-state index is 12.5. The fourth-order valence-corrected chi connectivity index (χ4v) is 3.98. The third-order valence-corrected chi connectivity index (χ3v) is 5.60. The van der Waals surface area contributed by atoms with E-state index in [1.807, 2.05) is 37.6 Å². The molecule has 0 saturated carbocycles. The van der Waals surface area contributed by atoms with Crippen LogP contribution in [-0.2, 0) is 9.53 Å². The number of aromatic nitrogens is 3. The number of benzene rings is 1. The Kier molecular flexibility index (Phi) is 6.04. The smallest absolute Gasteiger partial charge is 0.248 e. The van der Waals surface area contributed by atoms with Crippen molar-refractivity contribution in [3.05, 3.63) is 52.9 Å². The molecule has 4 rings (SSSR count). The molecule has 7 nitrogen and oxygen atoms in total. The molecule has 1 fully saturated rings. The number of hydrogen-bond acceptors (Lipinski definition) is 5. The lowest BCUT2D eigenvalue weighted by Gasteiger charge is -2.23. The van der Waals surface area contributed by atoms with Crippen LogP contribution < -0.4 is 10.1 Å². The van der Waals surface area contributed by atoms with Crippen molar-refractivity contribution in [3.63, 3.8) is 0 Å². The molecule has 1 unspecified atom stereocenters. The molecule has 2 aromatic heterocycles. The number of rotatable bonds is 5. The summed E-state index contributed by atoms with van der Waals surface area (Å²) >= 11 is 0. The van der Waals surface area contributed by atoms with Crippen LogP contribution in [0.15, 0.2) is 30.3 Å². The van der Waals surface area contributed by atoms with Crippen molar-refractivity contribution < 1.29 is 14.3 Å². The van der Waals surface area contributed by atoms with Gasteiger partial charge in [-0.3, -0.25) is 4.79 Å². The van der Waals surface area contributed by atoms with Crippen molar-refractivity contribution in [2.24, 2.45) is 0 Å². The molecule has 3 heterocycles. The van der Waals surface area contributed by atoms with Gasteiger partial charge in [0.2, 0.25) is 11.8 Å². The average Bonchev–Trinajstić information content (AvgIpc) is 3.11. The van der Waals surface area contributed by atoms with Gasteiger partial charge in [0.15, 0.2) is 6.23 Å². The van der Waals surface area contributed by atoms with Gasteiger partial charge < -0.3 is 14.8 Å². The van der Waals surface area contributed by atoms with Crippen LogP contribution in [0.1, 0.15) is 48.0 Å². The van der Waals surface area contributed by atoms with E-state index in [4.69, 9.17) is 14.6 Å². The molecule has 1 amide bonds. The molecule has 0 aliphatic carbocycles. The van der Waals surface area contributed by atoms with E-state index < -0.39 is 0 Å². The van der Waals surface area contributed by atoms with E-state index in [0.717, 1.165) is 53.6 Å². The number of fused-ring (bicyclic) bond motifs is 1. The average molecular weight is 421 g/mol. The van der Waals surface area contributed by atoms with Gasteiger partial charge in [-0.2, -0.15) is 5.10 Å². The zero-order chi connectivity index (χ0) is 22.0.